The van der Waals surface area contributed by atoms with Gasteiger partial charge in [-0.25, -0.2) is 0 Å². The maximum Gasteiger partial charge on any atom is 0.397 e. The summed E-state index contributed by atoms with van der Waals surface area (Å²) in [5.74, 6) is -0.291. The molecule has 1 fully saturated rings. The fraction of sp³-hybridized carbons (Fsp3) is 0.562. The molecule has 1 aromatic rings. The van der Waals surface area contributed by atoms with Crippen molar-refractivity contribution in [2.45, 2.75) is 44.7 Å². The van der Waals surface area contributed by atoms with E-state index in [0.29, 0.717) is 13.0 Å². The van der Waals surface area contributed by atoms with E-state index >= 15 is 0 Å². The smallest absolute Gasteiger partial charge is 0.397 e. The Morgan fingerprint density at radius 1 is 1.24 bits per heavy atom. The van der Waals surface area contributed by atoms with Gasteiger partial charge in [-0.3, -0.25) is 4.79 Å². The van der Waals surface area contributed by atoms with Gasteiger partial charge in [-0.15, -0.1) is 0 Å². The van der Waals surface area contributed by atoms with Crippen LogP contribution in [-0.4, -0.2) is 18.8 Å². The summed E-state index contributed by atoms with van der Waals surface area (Å²) in [6, 6.07) is 6.38. The Morgan fingerprint density at radius 3 is 2.29 bits per heavy atom. The molecule has 2 nitrogen and oxygen atoms in total. The number of hydrogen-bond acceptors (Lipinski definition) is 2. The number of carbonyl (C=O) groups excluding carboxylic acids is 1. The highest BCUT2D eigenvalue weighted by Gasteiger charge is 2.49. The molecule has 0 radical (unpaired) electrons. The minimum Gasteiger partial charge on any atom is -0.466 e. The standard InChI is InChI=1S/C16H19F3O2/c1-4-21-14(20)13-9-12(13)10-5-7-11(8-6-10)15(2,3)16(17,18)19/h5-8,12-13H,4,9H2,1-3H3. The lowest BCUT2D eigenvalue weighted by Gasteiger charge is -2.28. The number of esters is 1. The van der Waals surface area contributed by atoms with Gasteiger partial charge in [0.2, 0.25) is 0 Å². The molecule has 0 spiro atoms. The molecule has 0 bridgehead atoms. The molecule has 1 aliphatic carbocycles. The van der Waals surface area contributed by atoms with Gasteiger partial charge in [0, 0.05) is 0 Å². The summed E-state index contributed by atoms with van der Waals surface area (Å²) >= 11 is 0. The lowest BCUT2D eigenvalue weighted by atomic mass is 9.83. The highest BCUT2D eigenvalue weighted by atomic mass is 19.4. The molecule has 0 heterocycles. The van der Waals surface area contributed by atoms with Crippen LogP contribution in [0.3, 0.4) is 0 Å². The summed E-state index contributed by atoms with van der Waals surface area (Å²) in [7, 11) is 0. The van der Waals surface area contributed by atoms with Crippen LogP contribution in [0.2, 0.25) is 0 Å². The lowest BCUT2D eigenvalue weighted by Crippen LogP contribution is -2.36. The van der Waals surface area contributed by atoms with Gasteiger partial charge in [-0.2, -0.15) is 13.2 Å². The van der Waals surface area contributed by atoms with Crippen LogP contribution in [-0.2, 0) is 14.9 Å². The van der Waals surface area contributed by atoms with E-state index in [2.05, 4.69) is 0 Å². The fourth-order valence-electron chi connectivity index (χ4n) is 2.38. The van der Waals surface area contributed by atoms with Gasteiger partial charge >= 0.3 is 12.1 Å². The molecule has 116 valence electrons. The zero-order chi connectivity index (χ0) is 15.8. The Balaban J connectivity index is 2.10. The average Bonchev–Trinajstić information content (AvgIpc) is 3.18. The number of alkyl halides is 3. The molecule has 0 aliphatic heterocycles. The molecule has 0 amide bonds. The predicted molar refractivity (Wildman–Crippen MR) is 73.0 cm³/mol. The SMILES string of the molecule is CCOC(=O)C1CC1c1ccc(C(C)(C)C(F)(F)F)cc1. The second kappa shape index (κ2) is 5.35. The highest BCUT2D eigenvalue weighted by Crippen LogP contribution is 2.49. The first-order valence-electron chi connectivity index (χ1n) is 7.02. The largest absolute Gasteiger partial charge is 0.466 e. The molecule has 2 rings (SSSR count). The van der Waals surface area contributed by atoms with Crippen molar-refractivity contribution in [2.24, 2.45) is 5.92 Å². The van der Waals surface area contributed by atoms with Gasteiger partial charge < -0.3 is 4.74 Å². The number of hydrogen-bond donors (Lipinski definition) is 0. The number of benzene rings is 1. The minimum atomic E-state index is -4.29. The Morgan fingerprint density at radius 2 is 1.81 bits per heavy atom. The van der Waals surface area contributed by atoms with Crippen LogP contribution >= 0.6 is 0 Å². The van der Waals surface area contributed by atoms with Gasteiger partial charge in [0.15, 0.2) is 0 Å². The van der Waals surface area contributed by atoms with E-state index in [0.717, 1.165) is 5.56 Å². The summed E-state index contributed by atoms with van der Waals surface area (Å²) in [4.78, 5) is 11.6. The summed E-state index contributed by atoms with van der Waals surface area (Å²) in [6.45, 7) is 4.44. The molecule has 1 aromatic carbocycles. The quantitative estimate of drug-likeness (QED) is 0.779. The van der Waals surface area contributed by atoms with Crippen LogP contribution in [0.15, 0.2) is 24.3 Å². The molecule has 0 N–H and O–H groups in total. The second-order valence-electron chi connectivity index (χ2n) is 5.95. The van der Waals surface area contributed by atoms with Gasteiger partial charge in [-0.1, -0.05) is 24.3 Å². The lowest BCUT2D eigenvalue weighted by molar-refractivity contribution is -0.180. The maximum absolute atomic E-state index is 13.0. The number of halogens is 3. The third-order valence-corrected chi connectivity index (χ3v) is 4.15. The van der Waals surface area contributed by atoms with E-state index in [9.17, 15) is 18.0 Å². The molecule has 0 aromatic heterocycles. The van der Waals surface area contributed by atoms with Crippen molar-refractivity contribution in [1.82, 2.24) is 0 Å². The van der Waals surface area contributed by atoms with Crippen molar-refractivity contribution in [3.63, 3.8) is 0 Å². The highest BCUT2D eigenvalue weighted by molar-refractivity contribution is 5.77. The molecule has 1 saturated carbocycles. The van der Waals surface area contributed by atoms with Crippen LogP contribution in [0.1, 0.15) is 44.2 Å². The monoisotopic (exact) mass is 300 g/mol. The van der Waals surface area contributed by atoms with E-state index in [1.54, 1.807) is 19.1 Å². The fourth-order valence-corrected chi connectivity index (χ4v) is 2.38. The summed E-state index contributed by atoms with van der Waals surface area (Å²) in [5, 5.41) is 0. The topological polar surface area (TPSA) is 26.3 Å². The second-order valence-corrected chi connectivity index (χ2v) is 5.95. The van der Waals surface area contributed by atoms with Gasteiger partial charge in [0.25, 0.3) is 0 Å². The zero-order valence-corrected chi connectivity index (χ0v) is 12.3. The molecular formula is C16H19F3O2. The van der Waals surface area contributed by atoms with E-state index in [4.69, 9.17) is 4.74 Å². The summed E-state index contributed by atoms with van der Waals surface area (Å²) in [5.41, 5.74) is -0.753. The zero-order valence-electron chi connectivity index (χ0n) is 12.3. The number of carbonyl (C=O) groups is 1. The summed E-state index contributed by atoms with van der Waals surface area (Å²) < 4.78 is 43.9. The van der Waals surface area contributed by atoms with Crippen molar-refractivity contribution >= 4 is 5.97 Å². The maximum atomic E-state index is 13.0. The normalized spacial score (nSPS) is 22.0. The number of rotatable bonds is 4. The Bertz CT molecular complexity index is 517. The van der Waals surface area contributed by atoms with Crippen molar-refractivity contribution < 1.29 is 22.7 Å². The molecule has 1 aliphatic rings. The van der Waals surface area contributed by atoms with Gasteiger partial charge in [0.1, 0.15) is 0 Å². The molecule has 2 unspecified atom stereocenters. The summed E-state index contributed by atoms with van der Waals surface area (Å²) in [6.07, 6.45) is -3.58. The third kappa shape index (κ3) is 3.06. The van der Waals surface area contributed by atoms with E-state index in [-0.39, 0.29) is 23.4 Å². The van der Waals surface area contributed by atoms with Crippen molar-refractivity contribution in [3.05, 3.63) is 35.4 Å². The molecule has 5 heteroatoms. The first-order valence-corrected chi connectivity index (χ1v) is 7.02. The van der Waals surface area contributed by atoms with Crippen molar-refractivity contribution in [2.75, 3.05) is 6.61 Å². The van der Waals surface area contributed by atoms with Gasteiger partial charge in [-0.05, 0) is 44.2 Å². The van der Waals surface area contributed by atoms with Crippen molar-refractivity contribution in [1.29, 1.82) is 0 Å². The van der Waals surface area contributed by atoms with Crippen LogP contribution in [0, 0.1) is 5.92 Å². The molecule has 2 atom stereocenters. The van der Waals surface area contributed by atoms with Crippen LogP contribution in [0.4, 0.5) is 13.2 Å². The number of ether oxygens (including phenoxy) is 1. The van der Waals surface area contributed by atoms with Crippen LogP contribution in [0.5, 0.6) is 0 Å². The molecule has 0 saturated heterocycles. The Hall–Kier alpha value is -1.52. The third-order valence-electron chi connectivity index (χ3n) is 4.15. The minimum absolute atomic E-state index is 0.0760. The Labute approximate surface area is 122 Å². The Kier molecular flexibility index (Phi) is 4.04. The predicted octanol–water partition coefficient (Wildman–Crippen LogP) is 4.19. The average molecular weight is 300 g/mol. The van der Waals surface area contributed by atoms with E-state index in [1.807, 2.05) is 0 Å². The van der Waals surface area contributed by atoms with Crippen molar-refractivity contribution in [3.8, 4) is 0 Å². The van der Waals surface area contributed by atoms with Crippen LogP contribution in [0.25, 0.3) is 0 Å². The molecular weight excluding hydrogens is 281 g/mol. The molecule has 21 heavy (non-hydrogen) atoms. The van der Waals surface area contributed by atoms with Crippen LogP contribution < -0.4 is 0 Å². The van der Waals surface area contributed by atoms with E-state index in [1.165, 1.54) is 26.0 Å². The van der Waals surface area contributed by atoms with E-state index < -0.39 is 11.6 Å². The van der Waals surface area contributed by atoms with Gasteiger partial charge in [0.05, 0.1) is 17.9 Å². The first-order chi connectivity index (χ1) is 9.68. The first kappa shape index (κ1) is 15.9.